The average molecular weight is 368 g/mol. The van der Waals surface area contributed by atoms with Crippen LogP contribution in [0.25, 0.3) is 22.1 Å². The zero-order valence-electron chi connectivity index (χ0n) is 12.2. The van der Waals surface area contributed by atoms with Crippen LogP contribution in [0.15, 0.2) is 63.6 Å². The molecule has 0 aliphatic carbocycles. The molecule has 4 nitrogen and oxygen atoms in total. The van der Waals surface area contributed by atoms with Crippen molar-refractivity contribution in [3.63, 3.8) is 0 Å². The highest BCUT2D eigenvalue weighted by molar-refractivity contribution is 9.10. The minimum Gasteiger partial charge on any atom is -0.438 e. The highest BCUT2D eigenvalue weighted by atomic mass is 79.9. The van der Waals surface area contributed by atoms with E-state index in [4.69, 9.17) is 10.2 Å². The third-order valence-electron chi connectivity index (χ3n) is 3.77. The van der Waals surface area contributed by atoms with Crippen molar-refractivity contribution in [2.75, 3.05) is 11.1 Å². The van der Waals surface area contributed by atoms with E-state index in [2.05, 4.69) is 38.4 Å². The second kappa shape index (κ2) is 5.59. The Hall–Kier alpha value is -2.53. The van der Waals surface area contributed by atoms with Crippen molar-refractivity contribution in [1.82, 2.24) is 4.98 Å². The summed E-state index contributed by atoms with van der Waals surface area (Å²) >= 11 is 3.50. The van der Waals surface area contributed by atoms with Crippen molar-refractivity contribution in [3.8, 4) is 0 Å². The number of fused-ring (bicyclic) bond motifs is 3. The molecule has 0 amide bonds. The molecular formula is C18H14BrN3O. The van der Waals surface area contributed by atoms with E-state index in [1.54, 1.807) is 6.20 Å². The number of nitrogens with zero attached hydrogens (tertiary/aromatic N) is 1. The largest absolute Gasteiger partial charge is 0.438 e. The summed E-state index contributed by atoms with van der Waals surface area (Å²) in [5.41, 5.74) is 10.2. The van der Waals surface area contributed by atoms with Crippen molar-refractivity contribution in [1.29, 1.82) is 0 Å². The van der Waals surface area contributed by atoms with E-state index in [1.807, 2.05) is 36.4 Å². The van der Waals surface area contributed by atoms with Crippen LogP contribution in [-0.4, -0.2) is 4.98 Å². The Bertz CT molecular complexity index is 1010. The number of nitrogens with one attached hydrogen (secondary N) is 1. The summed E-state index contributed by atoms with van der Waals surface area (Å²) in [6.45, 7) is 0.716. The van der Waals surface area contributed by atoms with Crippen molar-refractivity contribution >= 4 is 49.4 Å². The predicted octanol–water partition coefficient (Wildman–Crippen LogP) is 4.94. The van der Waals surface area contributed by atoms with Gasteiger partial charge in [0.05, 0.1) is 5.39 Å². The number of nitrogen functional groups attached to an aromatic ring is 1. The van der Waals surface area contributed by atoms with Crippen LogP contribution in [0.1, 0.15) is 5.56 Å². The third kappa shape index (κ3) is 2.64. The van der Waals surface area contributed by atoms with Gasteiger partial charge in [-0.1, -0.05) is 28.1 Å². The highest BCUT2D eigenvalue weighted by Crippen LogP contribution is 2.34. The van der Waals surface area contributed by atoms with Crippen molar-refractivity contribution in [2.45, 2.75) is 6.54 Å². The van der Waals surface area contributed by atoms with Gasteiger partial charge in [-0.05, 0) is 42.0 Å². The SMILES string of the molecule is Nc1ccc2oc3nccc(NCc4cccc(Br)c4)c3c2c1. The van der Waals surface area contributed by atoms with Crippen LogP contribution in [0.2, 0.25) is 0 Å². The summed E-state index contributed by atoms with van der Waals surface area (Å²) in [6.07, 6.45) is 1.75. The minimum absolute atomic E-state index is 0.616. The molecule has 0 aliphatic heterocycles. The lowest BCUT2D eigenvalue weighted by atomic mass is 10.1. The van der Waals surface area contributed by atoms with Crippen molar-refractivity contribution < 1.29 is 4.42 Å². The Morgan fingerprint density at radius 3 is 2.91 bits per heavy atom. The molecule has 114 valence electrons. The van der Waals surface area contributed by atoms with E-state index in [0.717, 1.165) is 26.5 Å². The number of rotatable bonds is 3. The fraction of sp³-hybridized carbons (Fsp3) is 0.0556. The molecule has 0 saturated carbocycles. The number of hydrogen-bond acceptors (Lipinski definition) is 4. The molecule has 4 aromatic rings. The first kappa shape index (κ1) is 14.1. The molecule has 0 unspecified atom stereocenters. The number of pyridine rings is 1. The molecule has 0 radical (unpaired) electrons. The van der Waals surface area contributed by atoms with E-state index in [1.165, 1.54) is 5.56 Å². The van der Waals surface area contributed by atoms with Gasteiger partial charge in [-0.2, -0.15) is 0 Å². The zero-order chi connectivity index (χ0) is 15.8. The van der Waals surface area contributed by atoms with Gasteiger partial charge < -0.3 is 15.5 Å². The van der Waals surface area contributed by atoms with Gasteiger partial charge in [0.2, 0.25) is 5.71 Å². The molecule has 0 atom stereocenters. The lowest BCUT2D eigenvalue weighted by Crippen LogP contribution is -2.00. The van der Waals surface area contributed by atoms with Crippen LogP contribution in [-0.2, 0) is 6.54 Å². The summed E-state index contributed by atoms with van der Waals surface area (Å²) in [5, 5.41) is 5.41. The standard InChI is InChI=1S/C18H14BrN3O/c19-12-3-1-2-11(8-12)10-22-15-6-7-21-18-17(15)14-9-13(20)4-5-16(14)23-18/h1-9H,10,20H2,(H,21,22). The Morgan fingerprint density at radius 1 is 1.13 bits per heavy atom. The first-order chi connectivity index (χ1) is 11.2. The molecule has 5 heteroatoms. The second-order valence-electron chi connectivity index (χ2n) is 5.38. The Kier molecular flexibility index (Phi) is 3.42. The molecule has 23 heavy (non-hydrogen) atoms. The van der Waals surface area contributed by atoms with Crippen LogP contribution in [0.4, 0.5) is 11.4 Å². The average Bonchev–Trinajstić information content (AvgIpc) is 2.91. The van der Waals surface area contributed by atoms with Crippen molar-refractivity contribution in [3.05, 3.63) is 64.8 Å². The number of aromatic nitrogens is 1. The first-order valence-electron chi connectivity index (χ1n) is 7.26. The highest BCUT2D eigenvalue weighted by Gasteiger charge is 2.12. The molecule has 0 spiro atoms. The second-order valence-corrected chi connectivity index (χ2v) is 6.30. The maximum absolute atomic E-state index is 5.92. The third-order valence-corrected chi connectivity index (χ3v) is 4.26. The summed E-state index contributed by atoms with van der Waals surface area (Å²) < 4.78 is 6.87. The molecule has 0 fully saturated rings. The lowest BCUT2D eigenvalue weighted by Gasteiger charge is -2.08. The van der Waals surface area contributed by atoms with Gasteiger partial charge in [0.15, 0.2) is 0 Å². The van der Waals surface area contributed by atoms with Crippen LogP contribution in [0, 0.1) is 0 Å². The number of benzene rings is 2. The summed E-state index contributed by atoms with van der Waals surface area (Å²) in [5.74, 6) is 0. The maximum atomic E-state index is 5.92. The molecule has 2 heterocycles. The minimum atomic E-state index is 0.616. The quantitative estimate of drug-likeness (QED) is 0.503. The van der Waals surface area contributed by atoms with E-state index < -0.39 is 0 Å². The predicted molar refractivity (Wildman–Crippen MR) is 97.4 cm³/mol. The van der Waals surface area contributed by atoms with Crippen LogP contribution in [0.5, 0.6) is 0 Å². The molecule has 0 bridgehead atoms. The molecule has 2 aromatic heterocycles. The molecule has 4 rings (SSSR count). The molecular weight excluding hydrogens is 354 g/mol. The van der Waals surface area contributed by atoms with Crippen LogP contribution in [0.3, 0.4) is 0 Å². The fourth-order valence-electron chi connectivity index (χ4n) is 2.71. The molecule has 0 saturated heterocycles. The smallest absolute Gasteiger partial charge is 0.229 e. The first-order valence-corrected chi connectivity index (χ1v) is 8.05. The Morgan fingerprint density at radius 2 is 2.04 bits per heavy atom. The van der Waals surface area contributed by atoms with E-state index in [9.17, 15) is 0 Å². The number of furan rings is 1. The summed E-state index contributed by atoms with van der Waals surface area (Å²) in [4.78, 5) is 4.32. The maximum Gasteiger partial charge on any atom is 0.229 e. The van der Waals surface area contributed by atoms with Gasteiger partial charge >= 0.3 is 0 Å². The number of hydrogen-bond donors (Lipinski definition) is 2. The van der Waals surface area contributed by atoms with Crippen LogP contribution < -0.4 is 11.1 Å². The lowest BCUT2D eigenvalue weighted by molar-refractivity contribution is 0.654. The van der Waals surface area contributed by atoms with Gasteiger partial charge in [-0.25, -0.2) is 4.98 Å². The Labute approximate surface area is 141 Å². The molecule has 0 aliphatic rings. The summed E-state index contributed by atoms with van der Waals surface area (Å²) in [7, 11) is 0. The van der Waals surface area contributed by atoms with Gasteiger partial charge in [-0.15, -0.1) is 0 Å². The van der Waals surface area contributed by atoms with E-state index in [-0.39, 0.29) is 0 Å². The van der Waals surface area contributed by atoms with Gasteiger partial charge in [0.1, 0.15) is 5.58 Å². The number of anilines is 2. The monoisotopic (exact) mass is 367 g/mol. The van der Waals surface area contributed by atoms with E-state index >= 15 is 0 Å². The summed E-state index contributed by atoms with van der Waals surface area (Å²) in [6, 6.07) is 15.8. The van der Waals surface area contributed by atoms with E-state index in [0.29, 0.717) is 17.9 Å². The van der Waals surface area contributed by atoms with Gasteiger partial charge in [-0.3, -0.25) is 0 Å². The topological polar surface area (TPSA) is 64.1 Å². The van der Waals surface area contributed by atoms with Crippen LogP contribution >= 0.6 is 15.9 Å². The fourth-order valence-corrected chi connectivity index (χ4v) is 3.15. The Balaban J connectivity index is 1.77. The zero-order valence-corrected chi connectivity index (χ0v) is 13.8. The molecule has 2 aromatic carbocycles. The normalized spacial score (nSPS) is 11.2. The number of halogens is 1. The van der Waals surface area contributed by atoms with Crippen molar-refractivity contribution in [2.24, 2.45) is 0 Å². The van der Waals surface area contributed by atoms with Gasteiger partial charge in [0.25, 0.3) is 0 Å². The van der Waals surface area contributed by atoms with Gasteiger partial charge in [0, 0.05) is 34.0 Å². The number of nitrogens with two attached hydrogens (primary N) is 1. The molecule has 3 N–H and O–H groups in total.